The number of alkyl halides is 3. The predicted octanol–water partition coefficient (Wildman–Crippen LogP) is 1.13. The molecule has 1 N–H and O–H groups in total. The number of hydrogen-bond acceptors (Lipinski definition) is 5. The van der Waals surface area contributed by atoms with Gasteiger partial charge in [-0.05, 0) is 12.8 Å². The van der Waals surface area contributed by atoms with Crippen molar-refractivity contribution in [2.24, 2.45) is 0 Å². The van der Waals surface area contributed by atoms with Gasteiger partial charge in [0, 0.05) is 18.8 Å². The Morgan fingerprint density at radius 2 is 2.33 bits per heavy atom. The van der Waals surface area contributed by atoms with Gasteiger partial charge in [0.1, 0.15) is 12.6 Å². The molecule has 0 aliphatic carbocycles. The molecule has 2 heterocycles. The van der Waals surface area contributed by atoms with Gasteiger partial charge in [-0.15, -0.1) is 0 Å². The number of ether oxygens (including phenoxy) is 1. The standard InChI is InChI=1S/C12H15F3N4O2/c1-21-9-4-5-16-11(18-9)19-6-2-3-8(19)10(20)17-7-12(13,14)15/h4-5,8H,2-3,6-7H2,1H3,(H,17,20)/t8-/m1/s1. The molecule has 1 aliphatic heterocycles. The van der Waals surface area contributed by atoms with Gasteiger partial charge in [0.05, 0.1) is 7.11 Å². The third-order valence-corrected chi connectivity index (χ3v) is 3.10. The third kappa shape index (κ3) is 3.96. The van der Waals surface area contributed by atoms with Gasteiger partial charge in [-0.1, -0.05) is 0 Å². The zero-order valence-corrected chi connectivity index (χ0v) is 11.4. The van der Waals surface area contributed by atoms with E-state index in [1.54, 1.807) is 11.0 Å². The van der Waals surface area contributed by atoms with Crippen molar-refractivity contribution in [3.8, 4) is 5.88 Å². The van der Waals surface area contributed by atoms with Gasteiger partial charge in [0.2, 0.25) is 17.7 Å². The molecule has 1 amide bonds. The Labute approximate surface area is 119 Å². The molecule has 1 fully saturated rings. The molecule has 116 valence electrons. The lowest BCUT2D eigenvalue weighted by Gasteiger charge is -2.24. The smallest absolute Gasteiger partial charge is 0.405 e. The molecule has 6 nitrogen and oxygen atoms in total. The van der Waals surface area contributed by atoms with Crippen LogP contribution in [0.5, 0.6) is 5.88 Å². The highest BCUT2D eigenvalue weighted by molar-refractivity contribution is 5.85. The fraction of sp³-hybridized carbons (Fsp3) is 0.583. The van der Waals surface area contributed by atoms with E-state index in [4.69, 9.17) is 4.74 Å². The summed E-state index contributed by atoms with van der Waals surface area (Å²) in [6.45, 7) is -0.827. The number of carbonyl (C=O) groups excluding carboxylic acids is 1. The van der Waals surface area contributed by atoms with Gasteiger partial charge in [-0.3, -0.25) is 4.79 Å². The summed E-state index contributed by atoms with van der Waals surface area (Å²) in [6.07, 6.45) is -1.80. The van der Waals surface area contributed by atoms with Crippen LogP contribution in [0, 0.1) is 0 Å². The van der Waals surface area contributed by atoms with Crippen LogP contribution < -0.4 is 15.0 Å². The molecule has 0 saturated carbocycles. The topological polar surface area (TPSA) is 67.3 Å². The summed E-state index contributed by atoms with van der Waals surface area (Å²) >= 11 is 0. The van der Waals surface area contributed by atoms with Gasteiger partial charge >= 0.3 is 6.18 Å². The second-order valence-corrected chi connectivity index (χ2v) is 4.58. The minimum Gasteiger partial charge on any atom is -0.481 e. The number of methoxy groups -OCH3 is 1. The number of carbonyl (C=O) groups is 1. The molecule has 1 atom stereocenters. The predicted molar refractivity (Wildman–Crippen MR) is 68.0 cm³/mol. The van der Waals surface area contributed by atoms with Crippen LogP contribution in [0.4, 0.5) is 19.1 Å². The number of anilines is 1. The van der Waals surface area contributed by atoms with Crippen LogP contribution >= 0.6 is 0 Å². The Balaban J connectivity index is 2.07. The molecule has 0 spiro atoms. The number of rotatable bonds is 4. The summed E-state index contributed by atoms with van der Waals surface area (Å²) in [6, 6.07) is 0.859. The average Bonchev–Trinajstić information content (AvgIpc) is 2.93. The summed E-state index contributed by atoms with van der Waals surface area (Å²) in [5, 5.41) is 1.90. The first-order chi connectivity index (χ1) is 9.90. The van der Waals surface area contributed by atoms with E-state index in [0.29, 0.717) is 25.3 Å². The first kappa shape index (κ1) is 15.3. The lowest BCUT2D eigenvalue weighted by atomic mass is 10.2. The quantitative estimate of drug-likeness (QED) is 0.903. The van der Waals surface area contributed by atoms with Crippen molar-refractivity contribution >= 4 is 11.9 Å². The number of amides is 1. The summed E-state index contributed by atoms with van der Waals surface area (Å²) < 4.78 is 41.4. The number of nitrogens with zero attached hydrogens (tertiary/aromatic N) is 3. The lowest BCUT2D eigenvalue weighted by molar-refractivity contribution is -0.139. The van der Waals surface area contributed by atoms with Crippen molar-refractivity contribution in [3.63, 3.8) is 0 Å². The summed E-state index contributed by atoms with van der Waals surface area (Å²) in [5.41, 5.74) is 0. The van der Waals surface area contributed by atoms with Crippen molar-refractivity contribution in [1.82, 2.24) is 15.3 Å². The number of nitrogens with one attached hydrogen (secondary N) is 1. The minimum absolute atomic E-state index is 0.277. The van der Waals surface area contributed by atoms with Gasteiger partial charge in [0.25, 0.3) is 0 Å². The maximum atomic E-state index is 12.2. The average molecular weight is 304 g/mol. The second-order valence-electron chi connectivity index (χ2n) is 4.58. The molecule has 0 bridgehead atoms. The molecule has 1 aromatic heterocycles. The number of hydrogen-bond donors (Lipinski definition) is 1. The van der Waals surface area contributed by atoms with E-state index < -0.39 is 24.7 Å². The molecule has 2 rings (SSSR count). The molecule has 0 aromatic carbocycles. The molecule has 0 unspecified atom stereocenters. The van der Waals surface area contributed by atoms with Crippen LogP contribution in [0.3, 0.4) is 0 Å². The van der Waals surface area contributed by atoms with Crippen molar-refractivity contribution in [2.75, 3.05) is 25.1 Å². The van der Waals surface area contributed by atoms with Crippen LogP contribution in [0.25, 0.3) is 0 Å². The van der Waals surface area contributed by atoms with E-state index in [2.05, 4.69) is 9.97 Å². The van der Waals surface area contributed by atoms with E-state index in [-0.39, 0.29) is 5.95 Å². The first-order valence-corrected chi connectivity index (χ1v) is 6.39. The van der Waals surface area contributed by atoms with Crippen molar-refractivity contribution in [2.45, 2.75) is 25.1 Å². The van der Waals surface area contributed by atoms with E-state index in [0.717, 1.165) is 0 Å². The van der Waals surface area contributed by atoms with Crippen LogP contribution in [0.15, 0.2) is 12.3 Å². The van der Waals surface area contributed by atoms with E-state index in [1.807, 2.05) is 5.32 Å². The van der Waals surface area contributed by atoms with E-state index in [9.17, 15) is 18.0 Å². The van der Waals surface area contributed by atoms with Gasteiger partial charge in [-0.25, -0.2) is 4.98 Å². The molecule has 1 aromatic rings. The zero-order chi connectivity index (χ0) is 15.5. The molecule has 9 heteroatoms. The molecular formula is C12H15F3N4O2. The molecule has 21 heavy (non-hydrogen) atoms. The van der Waals surface area contributed by atoms with Gasteiger partial charge in [-0.2, -0.15) is 18.2 Å². The molecular weight excluding hydrogens is 289 g/mol. The Bertz CT molecular complexity index is 510. The third-order valence-electron chi connectivity index (χ3n) is 3.10. The fourth-order valence-electron chi connectivity index (χ4n) is 2.17. The van der Waals surface area contributed by atoms with Crippen molar-refractivity contribution in [1.29, 1.82) is 0 Å². The van der Waals surface area contributed by atoms with E-state index >= 15 is 0 Å². The molecule has 1 saturated heterocycles. The summed E-state index contributed by atoms with van der Waals surface area (Å²) in [7, 11) is 1.45. The number of halogens is 3. The first-order valence-electron chi connectivity index (χ1n) is 6.39. The Kier molecular flexibility index (Phi) is 4.49. The summed E-state index contributed by atoms with van der Waals surface area (Å²) in [4.78, 5) is 21.6. The lowest BCUT2D eigenvalue weighted by Crippen LogP contribution is -2.46. The van der Waals surface area contributed by atoms with Crippen LogP contribution in [0.1, 0.15) is 12.8 Å². The van der Waals surface area contributed by atoms with Crippen LogP contribution in [-0.4, -0.2) is 48.3 Å². The highest BCUT2D eigenvalue weighted by Gasteiger charge is 2.35. The van der Waals surface area contributed by atoms with Crippen LogP contribution in [-0.2, 0) is 4.79 Å². The minimum atomic E-state index is -4.43. The van der Waals surface area contributed by atoms with Crippen LogP contribution in [0.2, 0.25) is 0 Å². The van der Waals surface area contributed by atoms with Gasteiger partial charge in [0.15, 0.2) is 0 Å². The maximum Gasteiger partial charge on any atom is 0.405 e. The Morgan fingerprint density at radius 3 is 3.00 bits per heavy atom. The normalized spacial score (nSPS) is 18.7. The Morgan fingerprint density at radius 1 is 1.57 bits per heavy atom. The SMILES string of the molecule is COc1ccnc(N2CCC[C@@H]2C(=O)NCC(F)(F)F)n1. The highest BCUT2D eigenvalue weighted by atomic mass is 19.4. The van der Waals surface area contributed by atoms with Gasteiger partial charge < -0.3 is 15.0 Å². The van der Waals surface area contributed by atoms with Crippen molar-refractivity contribution < 1.29 is 22.7 Å². The largest absolute Gasteiger partial charge is 0.481 e. The number of aromatic nitrogens is 2. The fourth-order valence-corrected chi connectivity index (χ4v) is 2.17. The van der Waals surface area contributed by atoms with E-state index in [1.165, 1.54) is 13.3 Å². The highest BCUT2D eigenvalue weighted by Crippen LogP contribution is 2.24. The molecule has 0 radical (unpaired) electrons. The second kappa shape index (κ2) is 6.15. The Hall–Kier alpha value is -2.06. The van der Waals surface area contributed by atoms with Crippen molar-refractivity contribution in [3.05, 3.63) is 12.3 Å². The summed E-state index contributed by atoms with van der Waals surface area (Å²) in [5.74, 6) is -0.0587. The molecule has 1 aliphatic rings. The maximum absolute atomic E-state index is 12.2. The zero-order valence-electron chi connectivity index (χ0n) is 11.4. The monoisotopic (exact) mass is 304 g/mol.